The number of benzene rings is 1. The molecule has 0 heterocycles. The molecule has 0 aliphatic rings. The van der Waals surface area contributed by atoms with E-state index in [4.69, 9.17) is 4.74 Å². The Kier molecular flexibility index (Phi) is 10.4. The molecule has 0 spiro atoms. The summed E-state index contributed by atoms with van der Waals surface area (Å²) in [4.78, 5) is 40.7. The Morgan fingerprint density at radius 2 is 1.67 bits per heavy atom. The van der Waals surface area contributed by atoms with E-state index in [1.165, 1.54) is 4.90 Å². The van der Waals surface area contributed by atoms with Gasteiger partial charge in [0, 0.05) is 6.04 Å². The van der Waals surface area contributed by atoms with Gasteiger partial charge in [0.2, 0.25) is 11.8 Å². The topological polar surface area (TPSA) is 112 Å². The maximum Gasteiger partial charge on any atom is 0.408 e. The fraction of sp³-hybridized carbons (Fsp3) is 0.600. The standard InChI is InChI=1S/C25H38N4O4/c1-9-18(5)20(28-24(32)33-25(6,7)8)23(31)29(15-14-26)21(22(30)27-16(2)3)19-12-10-17(4)11-13-19/h10-13,16,18,20-21H,9,15H2,1-8H3,(H,27,30)(H,28,32). The first-order valence-electron chi connectivity index (χ1n) is 11.3. The fourth-order valence-electron chi connectivity index (χ4n) is 3.25. The first-order chi connectivity index (χ1) is 15.3. The highest BCUT2D eigenvalue weighted by Gasteiger charge is 2.38. The van der Waals surface area contributed by atoms with Crippen molar-refractivity contribution in [3.05, 3.63) is 35.4 Å². The lowest BCUT2D eigenvalue weighted by Crippen LogP contribution is -2.55. The molecule has 1 aromatic carbocycles. The van der Waals surface area contributed by atoms with E-state index in [2.05, 4.69) is 10.6 Å². The van der Waals surface area contributed by atoms with Crippen molar-refractivity contribution in [2.45, 2.75) is 85.5 Å². The Morgan fingerprint density at radius 3 is 2.12 bits per heavy atom. The number of nitrogens with zero attached hydrogens (tertiary/aromatic N) is 2. The van der Waals surface area contributed by atoms with Gasteiger partial charge in [-0.3, -0.25) is 9.59 Å². The van der Waals surface area contributed by atoms with Crippen molar-refractivity contribution in [2.75, 3.05) is 6.54 Å². The Morgan fingerprint density at radius 1 is 1.09 bits per heavy atom. The van der Waals surface area contributed by atoms with Gasteiger partial charge >= 0.3 is 6.09 Å². The number of hydrogen-bond acceptors (Lipinski definition) is 5. The van der Waals surface area contributed by atoms with E-state index in [1.54, 1.807) is 32.9 Å². The zero-order valence-electron chi connectivity index (χ0n) is 21.1. The minimum absolute atomic E-state index is 0.158. The second-order valence-electron chi connectivity index (χ2n) is 9.61. The molecule has 3 unspecified atom stereocenters. The summed E-state index contributed by atoms with van der Waals surface area (Å²) in [6.45, 7) is 14.2. The number of carbonyl (C=O) groups is 3. The Hall–Kier alpha value is -3.08. The third-order valence-electron chi connectivity index (χ3n) is 5.06. The minimum atomic E-state index is -1.02. The molecule has 3 atom stereocenters. The van der Waals surface area contributed by atoms with Crippen molar-refractivity contribution in [3.8, 4) is 6.07 Å². The minimum Gasteiger partial charge on any atom is -0.444 e. The first-order valence-corrected chi connectivity index (χ1v) is 11.3. The average Bonchev–Trinajstić information content (AvgIpc) is 2.70. The number of aryl methyl sites for hydroxylation is 1. The SMILES string of the molecule is CCC(C)C(NC(=O)OC(C)(C)C)C(=O)N(CC#N)C(C(=O)NC(C)C)c1ccc(C)cc1. The van der Waals surface area contributed by atoms with Gasteiger partial charge in [-0.25, -0.2) is 4.79 Å². The molecule has 1 aromatic rings. The van der Waals surface area contributed by atoms with E-state index in [0.29, 0.717) is 12.0 Å². The van der Waals surface area contributed by atoms with Crippen LogP contribution in [0.2, 0.25) is 0 Å². The van der Waals surface area contributed by atoms with Crippen LogP contribution in [-0.2, 0) is 14.3 Å². The smallest absolute Gasteiger partial charge is 0.408 e. The maximum atomic E-state index is 13.7. The van der Waals surface area contributed by atoms with Gasteiger partial charge in [-0.05, 0) is 53.0 Å². The molecule has 2 N–H and O–H groups in total. The number of nitriles is 1. The Bertz CT molecular complexity index is 853. The molecule has 8 nitrogen and oxygen atoms in total. The van der Waals surface area contributed by atoms with Crippen LogP contribution in [0.15, 0.2) is 24.3 Å². The molecule has 0 radical (unpaired) electrons. The second kappa shape index (κ2) is 12.2. The molecule has 0 saturated carbocycles. The fourth-order valence-corrected chi connectivity index (χ4v) is 3.25. The number of amides is 3. The summed E-state index contributed by atoms with van der Waals surface area (Å²) in [6.07, 6.45) is -0.128. The van der Waals surface area contributed by atoms with Crippen molar-refractivity contribution in [1.82, 2.24) is 15.5 Å². The van der Waals surface area contributed by atoms with E-state index in [-0.39, 0.29) is 18.5 Å². The molecule has 182 valence electrons. The number of hydrogen-bond donors (Lipinski definition) is 2. The summed E-state index contributed by atoms with van der Waals surface area (Å²) in [5.74, 6) is -1.16. The highest BCUT2D eigenvalue weighted by molar-refractivity contribution is 5.92. The average molecular weight is 459 g/mol. The summed E-state index contributed by atoms with van der Waals surface area (Å²) < 4.78 is 5.35. The third kappa shape index (κ3) is 8.76. The van der Waals surface area contributed by atoms with E-state index < -0.39 is 35.6 Å². The molecule has 0 aliphatic heterocycles. The van der Waals surface area contributed by atoms with Crippen LogP contribution < -0.4 is 10.6 Å². The quantitative estimate of drug-likeness (QED) is 0.546. The Balaban J connectivity index is 3.43. The third-order valence-corrected chi connectivity index (χ3v) is 5.06. The van der Waals surface area contributed by atoms with Crippen LogP contribution in [-0.4, -0.2) is 47.0 Å². The van der Waals surface area contributed by atoms with Gasteiger partial charge in [0.05, 0.1) is 6.07 Å². The summed E-state index contributed by atoms with van der Waals surface area (Å²) in [7, 11) is 0. The lowest BCUT2D eigenvalue weighted by Gasteiger charge is -2.35. The molecule has 0 bridgehead atoms. The normalized spacial score (nSPS) is 13.9. The molecule has 0 aromatic heterocycles. The molecular formula is C25H38N4O4. The molecule has 3 amide bonds. The van der Waals surface area contributed by atoms with Crippen LogP contribution in [0.3, 0.4) is 0 Å². The van der Waals surface area contributed by atoms with Crippen LogP contribution in [0.5, 0.6) is 0 Å². The summed E-state index contributed by atoms with van der Waals surface area (Å²) in [5, 5.41) is 15.0. The van der Waals surface area contributed by atoms with Gasteiger partial charge in [0.25, 0.3) is 0 Å². The first kappa shape index (κ1) is 28.0. The van der Waals surface area contributed by atoms with Crippen molar-refractivity contribution >= 4 is 17.9 Å². The summed E-state index contributed by atoms with van der Waals surface area (Å²) in [6, 6.07) is 7.12. The van der Waals surface area contributed by atoms with E-state index >= 15 is 0 Å². The van der Waals surface area contributed by atoms with Gasteiger partial charge in [-0.2, -0.15) is 5.26 Å². The molecular weight excluding hydrogens is 420 g/mol. The molecule has 0 aliphatic carbocycles. The summed E-state index contributed by atoms with van der Waals surface area (Å²) in [5.41, 5.74) is 0.854. The van der Waals surface area contributed by atoms with E-state index in [0.717, 1.165) is 5.56 Å². The van der Waals surface area contributed by atoms with Gasteiger partial charge < -0.3 is 20.3 Å². The maximum absolute atomic E-state index is 13.7. The van der Waals surface area contributed by atoms with E-state index in [1.807, 2.05) is 52.8 Å². The molecule has 8 heteroatoms. The van der Waals surface area contributed by atoms with Crippen molar-refractivity contribution in [2.24, 2.45) is 5.92 Å². The zero-order valence-corrected chi connectivity index (χ0v) is 21.1. The van der Waals surface area contributed by atoms with Gasteiger partial charge in [0.15, 0.2) is 0 Å². The van der Waals surface area contributed by atoms with Crippen molar-refractivity contribution in [3.63, 3.8) is 0 Å². The number of alkyl carbamates (subject to hydrolysis) is 1. The highest BCUT2D eigenvalue weighted by atomic mass is 16.6. The molecule has 0 saturated heterocycles. The van der Waals surface area contributed by atoms with Crippen molar-refractivity contribution in [1.29, 1.82) is 5.26 Å². The summed E-state index contributed by atoms with van der Waals surface area (Å²) >= 11 is 0. The molecule has 0 fully saturated rings. The van der Waals surface area contributed by atoms with Gasteiger partial charge in [-0.15, -0.1) is 0 Å². The van der Waals surface area contributed by atoms with E-state index in [9.17, 15) is 19.6 Å². The molecule has 1 rings (SSSR count). The predicted octanol–water partition coefficient (Wildman–Crippen LogP) is 3.85. The Labute approximate surface area is 197 Å². The number of carbonyl (C=O) groups excluding carboxylic acids is 3. The van der Waals surface area contributed by atoms with Crippen molar-refractivity contribution < 1.29 is 19.1 Å². The number of nitrogens with one attached hydrogen (secondary N) is 2. The second-order valence-corrected chi connectivity index (χ2v) is 9.61. The van der Waals surface area contributed by atoms with Crippen LogP contribution in [0.1, 0.15) is 72.1 Å². The zero-order chi connectivity index (χ0) is 25.3. The number of rotatable bonds is 9. The largest absolute Gasteiger partial charge is 0.444 e. The van der Waals surface area contributed by atoms with Crippen LogP contribution in [0, 0.1) is 24.2 Å². The highest BCUT2D eigenvalue weighted by Crippen LogP contribution is 2.25. The van der Waals surface area contributed by atoms with Gasteiger partial charge in [-0.1, -0.05) is 50.1 Å². The van der Waals surface area contributed by atoms with Crippen LogP contribution in [0.4, 0.5) is 4.79 Å². The molecule has 33 heavy (non-hydrogen) atoms. The monoisotopic (exact) mass is 458 g/mol. The predicted molar refractivity (Wildman–Crippen MR) is 127 cm³/mol. The lowest BCUT2D eigenvalue weighted by atomic mass is 9.95. The van der Waals surface area contributed by atoms with Crippen LogP contribution in [0.25, 0.3) is 0 Å². The lowest BCUT2D eigenvalue weighted by molar-refractivity contribution is -0.142. The van der Waals surface area contributed by atoms with Gasteiger partial charge in [0.1, 0.15) is 24.2 Å². The number of ether oxygens (including phenoxy) is 1. The van der Waals surface area contributed by atoms with Crippen LogP contribution >= 0.6 is 0 Å².